The van der Waals surface area contributed by atoms with Crippen LogP contribution in [0.15, 0.2) is 24.5 Å². The van der Waals surface area contributed by atoms with Crippen LogP contribution >= 0.6 is 11.6 Å². The average Bonchev–Trinajstić information content (AvgIpc) is 2.78. The van der Waals surface area contributed by atoms with Crippen LogP contribution in [0, 0.1) is 6.92 Å². The highest BCUT2D eigenvalue weighted by molar-refractivity contribution is 6.33. The van der Waals surface area contributed by atoms with Crippen LogP contribution in [-0.4, -0.2) is 16.5 Å². The Labute approximate surface area is 105 Å². The summed E-state index contributed by atoms with van der Waals surface area (Å²) < 4.78 is 0. The number of nitrogen functional groups attached to an aromatic ring is 1. The first-order chi connectivity index (χ1) is 8.16. The minimum Gasteiger partial charge on any atom is -0.398 e. The molecule has 0 aliphatic carbocycles. The molecule has 1 heterocycles. The van der Waals surface area contributed by atoms with Crippen LogP contribution in [-0.2, 0) is 6.42 Å². The van der Waals surface area contributed by atoms with E-state index in [9.17, 15) is 0 Å². The molecule has 5 heteroatoms. The quantitative estimate of drug-likeness (QED) is 0.731. The van der Waals surface area contributed by atoms with Crippen molar-refractivity contribution in [1.82, 2.24) is 9.97 Å². The van der Waals surface area contributed by atoms with Crippen molar-refractivity contribution in [2.75, 3.05) is 17.6 Å². The van der Waals surface area contributed by atoms with Crippen molar-refractivity contribution >= 4 is 23.0 Å². The lowest BCUT2D eigenvalue weighted by atomic mass is 10.1. The normalized spacial score (nSPS) is 10.5. The Bertz CT molecular complexity index is 493. The van der Waals surface area contributed by atoms with Crippen LogP contribution in [0.3, 0.4) is 0 Å². The molecule has 0 aliphatic heterocycles. The van der Waals surface area contributed by atoms with E-state index in [1.165, 1.54) is 0 Å². The van der Waals surface area contributed by atoms with Gasteiger partial charge in [0, 0.05) is 31.0 Å². The number of aromatic amines is 1. The molecule has 0 saturated heterocycles. The van der Waals surface area contributed by atoms with E-state index in [1.807, 2.05) is 25.3 Å². The summed E-state index contributed by atoms with van der Waals surface area (Å²) in [4.78, 5) is 7.22. The van der Waals surface area contributed by atoms with Crippen molar-refractivity contribution in [3.8, 4) is 0 Å². The fourth-order valence-electron chi connectivity index (χ4n) is 1.64. The van der Waals surface area contributed by atoms with Gasteiger partial charge in [0.05, 0.1) is 10.7 Å². The average molecular weight is 251 g/mol. The van der Waals surface area contributed by atoms with Gasteiger partial charge in [-0.1, -0.05) is 11.6 Å². The molecule has 0 spiro atoms. The molecule has 4 N–H and O–H groups in total. The molecule has 0 bridgehead atoms. The van der Waals surface area contributed by atoms with E-state index in [0.717, 1.165) is 30.0 Å². The van der Waals surface area contributed by atoms with Crippen molar-refractivity contribution in [2.45, 2.75) is 13.3 Å². The van der Waals surface area contributed by atoms with Crippen molar-refractivity contribution in [3.05, 3.63) is 40.9 Å². The second-order valence-electron chi connectivity index (χ2n) is 3.90. The summed E-state index contributed by atoms with van der Waals surface area (Å²) in [5.74, 6) is 0.969. The highest BCUT2D eigenvalue weighted by Gasteiger charge is 2.03. The molecular weight excluding hydrogens is 236 g/mol. The third-order valence-electron chi connectivity index (χ3n) is 2.58. The molecule has 0 fully saturated rings. The first kappa shape index (κ1) is 11.8. The van der Waals surface area contributed by atoms with E-state index in [2.05, 4.69) is 15.3 Å². The highest BCUT2D eigenvalue weighted by Crippen LogP contribution is 2.26. The number of aromatic nitrogens is 2. The second-order valence-corrected chi connectivity index (χ2v) is 4.31. The minimum atomic E-state index is 0.580. The van der Waals surface area contributed by atoms with E-state index in [-0.39, 0.29) is 0 Å². The molecule has 90 valence electrons. The number of nitrogens with zero attached hydrogens (tertiary/aromatic N) is 1. The summed E-state index contributed by atoms with van der Waals surface area (Å²) in [6.07, 6.45) is 4.41. The molecule has 0 atom stereocenters. The summed E-state index contributed by atoms with van der Waals surface area (Å²) in [7, 11) is 0. The Balaban J connectivity index is 1.97. The topological polar surface area (TPSA) is 66.7 Å². The largest absolute Gasteiger partial charge is 0.398 e. The zero-order valence-electron chi connectivity index (χ0n) is 9.63. The molecule has 2 rings (SSSR count). The predicted molar refractivity (Wildman–Crippen MR) is 71.4 cm³/mol. The van der Waals surface area contributed by atoms with Crippen LogP contribution in [0.4, 0.5) is 11.4 Å². The number of nitrogens with one attached hydrogen (secondary N) is 2. The number of hydrogen-bond acceptors (Lipinski definition) is 3. The van der Waals surface area contributed by atoms with Crippen LogP contribution < -0.4 is 11.1 Å². The Kier molecular flexibility index (Phi) is 3.54. The van der Waals surface area contributed by atoms with Crippen molar-refractivity contribution in [3.63, 3.8) is 0 Å². The van der Waals surface area contributed by atoms with Crippen LogP contribution in [0.25, 0.3) is 0 Å². The van der Waals surface area contributed by atoms with Gasteiger partial charge in [-0.05, 0) is 24.6 Å². The molecule has 0 radical (unpaired) electrons. The summed E-state index contributed by atoms with van der Waals surface area (Å²) in [6, 6.07) is 3.73. The van der Waals surface area contributed by atoms with E-state index in [1.54, 1.807) is 6.20 Å². The van der Waals surface area contributed by atoms with E-state index >= 15 is 0 Å². The van der Waals surface area contributed by atoms with Gasteiger partial charge in [0.25, 0.3) is 0 Å². The van der Waals surface area contributed by atoms with Gasteiger partial charge in [0.15, 0.2) is 0 Å². The van der Waals surface area contributed by atoms with Gasteiger partial charge >= 0.3 is 0 Å². The van der Waals surface area contributed by atoms with Gasteiger partial charge in [-0.2, -0.15) is 0 Å². The highest BCUT2D eigenvalue weighted by atomic mass is 35.5. The van der Waals surface area contributed by atoms with Crippen molar-refractivity contribution in [2.24, 2.45) is 0 Å². The standard InChI is InChI=1S/C12H15ClN4/c1-8-6-10(14)9(13)7-11(8)15-3-2-12-16-4-5-17-12/h4-7,15H,2-3,14H2,1H3,(H,16,17). The maximum absolute atomic E-state index is 5.98. The lowest BCUT2D eigenvalue weighted by Gasteiger charge is -2.10. The lowest BCUT2D eigenvalue weighted by Crippen LogP contribution is -2.07. The van der Waals surface area contributed by atoms with E-state index < -0.39 is 0 Å². The van der Waals surface area contributed by atoms with E-state index in [0.29, 0.717) is 10.7 Å². The molecule has 0 saturated carbocycles. The SMILES string of the molecule is Cc1cc(N)c(Cl)cc1NCCc1ncc[nH]1. The van der Waals surface area contributed by atoms with Gasteiger partial charge < -0.3 is 16.0 Å². The van der Waals surface area contributed by atoms with Crippen molar-refractivity contribution in [1.29, 1.82) is 0 Å². The molecule has 0 unspecified atom stereocenters. The fourth-order valence-corrected chi connectivity index (χ4v) is 1.81. The molecule has 1 aromatic heterocycles. The molecular formula is C12H15ClN4. The summed E-state index contributed by atoms with van der Waals surface area (Å²) in [6.45, 7) is 2.80. The van der Waals surface area contributed by atoms with Gasteiger partial charge in [-0.25, -0.2) is 4.98 Å². The second kappa shape index (κ2) is 5.10. The number of anilines is 2. The van der Waals surface area contributed by atoms with Crippen LogP contribution in [0.2, 0.25) is 5.02 Å². The summed E-state index contributed by atoms with van der Waals surface area (Å²) >= 11 is 5.98. The number of aryl methyl sites for hydroxylation is 1. The molecule has 0 aliphatic rings. The minimum absolute atomic E-state index is 0.580. The Hall–Kier alpha value is -1.68. The number of halogens is 1. The number of nitrogens with two attached hydrogens (primary N) is 1. The molecule has 2 aromatic rings. The lowest BCUT2D eigenvalue weighted by molar-refractivity contribution is 0.926. The maximum atomic E-state index is 5.98. The summed E-state index contributed by atoms with van der Waals surface area (Å²) in [5, 5.41) is 3.90. The van der Waals surface area contributed by atoms with Gasteiger partial charge in [-0.15, -0.1) is 0 Å². The number of hydrogen-bond donors (Lipinski definition) is 3. The Morgan fingerprint density at radius 3 is 3.00 bits per heavy atom. The van der Waals surface area contributed by atoms with Gasteiger partial charge in [0.2, 0.25) is 0 Å². The molecule has 1 aromatic carbocycles. The zero-order chi connectivity index (χ0) is 12.3. The third kappa shape index (κ3) is 2.91. The van der Waals surface area contributed by atoms with Gasteiger partial charge in [0.1, 0.15) is 5.82 Å². The van der Waals surface area contributed by atoms with Crippen LogP contribution in [0.5, 0.6) is 0 Å². The first-order valence-electron chi connectivity index (χ1n) is 5.44. The Morgan fingerprint density at radius 1 is 1.47 bits per heavy atom. The monoisotopic (exact) mass is 250 g/mol. The van der Waals surface area contributed by atoms with Crippen LogP contribution in [0.1, 0.15) is 11.4 Å². The third-order valence-corrected chi connectivity index (χ3v) is 2.90. The molecule has 4 nitrogen and oxygen atoms in total. The molecule has 0 amide bonds. The molecule has 17 heavy (non-hydrogen) atoms. The number of imidazole rings is 1. The maximum Gasteiger partial charge on any atom is 0.107 e. The Morgan fingerprint density at radius 2 is 2.29 bits per heavy atom. The van der Waals surface area contributed by atoms with Crippen molar-refractivity contribution < 1.29 is 0 Å². The summed E-state index contributed by atoms with van der Waals surface area (Å²) in [5.41, 5.74) is 8.43. The smallest absolute Gasteiger partial charge is 0.107 e. The van der Waals surface area contributed by atoms with Gasteiger partial charge in [-0.3, -0.25) is 0 Å². The number of H-pyrrole nitrogens is 1. The first-order valence-corrected chi connectivity index (χ1v) is 5.82. The fraction of sp³-hybridized carbons (Fsp3) is 0.250. The number of benzene rings is 1. The number of rotatable bonds is 4. The predicted octanol–water partition coefficient (Wildman–Crippen LogP) is 2.61. The van der Waals surface area contributed by atoms with E-state index in [4.69, 9.17) is 17.3 Å². The zero-order valence-corrected chi connectivity index (χ0v) is 10.4.